The number of nitrogens with one attached hydrogen (secondary N) is 1. The highest BCUT2D eigenvalue weighted by Crippen LogP contribution is 2.18. The Kier molecular flexibility index (Phi) is 6.10. The molecule has 0 spiro atoms. The second kappa shape index (κ2) is 8.29. The molecule has 4 nitrogen and oxygen atoms in total. The van der Waals surface area contributed by atoms with Crippen LogP contribution < -0.4 is 14.8 Å². The molecule has 0 aliphatic carbocycles. The lowest BCUT2D eigenvalue weighted by atomic mass is 10.3. The zero-order valence-corrected chi connectivity index (χ0v) is 13.0. The zero-order chi connectivity index (χ0) is 15.8. The molecule has 2 aromatic carbocycles. The Morgan fingerprint density at radius 2 is 1.86 bits per heavy atom. The highest BCUT2D eigenvalue weighted by molar-refractivity contribution is 6.30. The second-order valence-electron chi connectivity index (χ2n) is 4.67. The van der Waals surface area contributed by atoms with Gasteiger partial charge in [-0.05, 0) is 37.3 Å². The van der Waals surface area contributed by atoms with Crippen LogP contribution in [0.2, 0.25) is 5.02 Å². The summed E-state index contributed by atoms with van der Waals surface area (Å²) in [5.74, 6) is 1.15. The first-order chi connectivity index (χ1) is 10.6. The molecule has 2 rings (SSSR count). The van der Waals surface area contributed by atoms with Gasteiger partial charge in [-0.15, -0.1) is 0 Å². The minimum Gasteiger partial charge on any atom is -0.492 e. The van der Waals surface area contributed by atoms with Gasteiger partial charge in [-0.2, -0.15) is 0 Å². The number of carbonyl (C=O) groups excluding carboxylic acids is 1. The van der Waals surface area contributed by atoms with Gasteiger partial charge in [-0.25, -0.2) is 0 Å². The third-order valence-electron chi connectivity index (χ3n) is 2.89. The minimum absolute atomic E-state index is 0.198. The van der Waals surface area contributed by atoms with Crippen LogP contribution in [0.5, 0.6) is 11.5 Å². The number of ether oxygens (including phenoxy) is 2. The van der Waals surface area contributed by atoms with Gasteiger partial charge in [0.2, 0.25) is 0 Å². The Labute approximate surface area is 135 Å². The average Bonchev–Trinajstić information content (AvgIpc) is 2.52. The van der Waals surface area contributed by atoms with Gasteiger partial charge < -0.3 is 14.8 Å². The third kappa shape index (κ3) is 5.30. The number of benzene rings is 2. The first-order valence-electron chi connectivity index (χ1n) is 7.03. The third-order valence-corrected chi connectivity index (χ3v) is 3.13. The van der Waals surface area contributed by atoms with E-state index in [-0.39, 0.29) is 5.91 Å². The van der Waals surface area contributed by atoms with Crippen molar-refractivity contribution in [1.29, 1.82) is 0 Å². The van der Waals surface area contributed by atoms with Gasteiger partial charge in [0, 0.05) is 5.02 Å². The van der Waals surface area contributed by atoms with Crippen LogP contribution in [0.1, 0.15) is 6.92 Å². The molecule has 0 saturated carbocycles. The van der Waals surface area contributed by atoms with Gasteiger partial charge in [0.25, 0.3) is 5.91 Å². The molecule has 0 aliphatic heterocycles. The van der Waals surface area contributed by atoms with E-state index in [4.69, 9.17) is 21.1 Å². The molecule has 0 aliphatic rings. The fourth-order valence-electron chi connectivity index (χ4n) is 1.80. The van der Waals surface area contributed by atoms with Crippen molar-refractivity contribution in [2.75, 3.05) is 13.2 Å². The van der Waals surface area contributed by atoms with Crippen molar-refractivity contribution in [3.8, 4) is 11.5 Å². The molecule has 0 aromatic heterocycles. The number of para-hydroxylation sites is 1. The minimum atomic E-state index is -0.602. The van der Waals surface area contributed by atoms with E-state index >= 15 is 0 Å². The van der Waals surface area contributed by atoms with E-state index in [9.17, 15) is 4.79 Å². The first kappa shape index (κ1) is 16.2. The molecule has 2 aromatic rings. The molecule has 0 saturated heterocycles. The number of hydrogen-bond donors (Lipinski definition) is 1. The van der Waals surface area contributed by atoms with Crippen LogP contribution in [0.3, 0.4) is 0 Å². The fraction of sp³-hybridized carbons (Fsp3) is 0.235. The van der Waals surface area contributed by atoms with Crippen molar-refractivity contribution in [3.05, 3.63) is 59.6 Å². The summed E-state index contributed by atoms with van der Waals surface area (Å²) in [7, 11) is 0. The topological polar surface area (TPSA) is 47.6 Å². The summed E-state index contributed by atoms with van der Waals surface area (Å²) in [6, 6.07) is 16.4. The number of halogens is 1. The molecule has 5 heteroatoms. The summed E-state index contributed by atoms with van der Waals surface area (Å²) in [6.07, 6.45) is -0.602. The Morgan fingerprint density at radius 3 is 2.59 bits per heavy atom. The van der Waals surface area contributed by atoms with Crippen LogP contribution in [-0.2, 0) is 4.79 Å². The number of hydrogen-bond acceptors (Lipinski definition) is 3. The van der Waals surface area contributed by atoms with Crippen LogP contribution in [0.4, 0.5) is 0 Å². The molecular weight excluding hydrogens is 302 g/mol. The van der Waals surface area contributed by atoms with Crippen molar-refractivity contribution in [3.63, 3.8) is 0 Å². The van der Waals surface area contributed by atoms with E-state index in [2.05, 4.69) is 5.32 Å². The Morgan fingerprint density at radius 1 is 1.14 bits per heavy atom. The Bertz CT molecular complexity index is 604. The molecule has 1 atom stereocenters. The maximum Gasteiger partial charge on any atom is 0.260 e. The standard InChI is InChI=1S/C17H18ClNO3/c1-13(22-16-9-5-6-14(18)12-16)17(20)19-10-11-21-15-7-3-2-4-8-15/h2-9,12-13H,10-11H2,1H3,(H,19,20). The maximum absolute atomic E-state index is 11.9. The molecule has 0 heterocycles. The van der Waals surface area contributed by atoms with Crippen LogP contribution >= 0.6 is 11.6 Å². The van der Waals surface area contributed by atoms with E-state index in [1.165, 1.54) is 0 Å². The van der Waals surface area contributed by atoms with Crippen molar-refractivity contribution < 1.29 is 14.3 Å². The zero-order valence-electron chi connectivity index (χ0n) is 12.3. The quantitative estimate of drug-likeness (QED) is 0.797. The molecule has 0 radical (unpaired) electrons. The molecule has 1 unspecified atom stereocenters. The normalized spacial score (nSPS) is 11.5. The molecule has 0 fully saturated rings. The van der Waals surface area contributed by atoms with Crippen LogP contribution in [0, 0.1) is 0 Å². The van der Waals surface area contributed by atoms with Gasteiger partial charge in [0.05, 0.1) is 6.54 Å². The SMILES string of the molecule is CC(Oc1cccc(Cl)c1)C(=O)NCCOc1ccccc1. The highest BCUT2D eigenvalue weighted by Gasteiger charge is 2.14. The first-order valence-corrected chi connectivity index (χ1v) is 7.41. The molecule has 1 N–H and O–H groups in total. The molecule has 116 valence electrons. The Balaban J connectivity index is 1.70. The van der Waals surface area contributed by atoms with E-state index in [0.29, 0.717) is 23.9 Å². The lowest BCUT2D eigenvalue weighted by molar-refractivity contribution is -0.127. The molecular formula is C17H18ClNO3. The molecule has 22 heavy (non-hydrogen) atoms. The summed E-state index contributed by atoms with van der Waals surface area (Å²) in [4.78, 5) is 11.9. The maximum atomic E-state index is 11.9. The molecule has 1 amide bonds. The van der Waals surface area contributed by atoms with E-state index in [1.807, 2.05) is 30.3 Å². The summed E-state index contributed by atoms with van der Waals surface area (Å²) < 4.78 is 11.0. The van der Waals surface area contributed by atoms with Gasteiger partial charge >= 0.3 is 0 Å². The summed E-state index contributed by atoms with van der Waals surface area (Å²) >= 11 is 5.87. The monoisotopic (exact) mass is 319 g/mol. The lowest BCUT2D eigenvalue weighted by Crippen LogP contribution is -2.38. The van der Waals surface area contributed by atoms with E-state index in [0.717, 1.165) is 5.75 Å². The summed E-state index contributed by atoms with van der Waals surface area (Å²) in [5, 5.41) is 3.34. The van der Waals surface area contributed by atoms with Crippen molar-refractivity contribution >= 4 is 17.5 Å². The van der Waals surface area contributed by atoms with E-state index < -0.39 is 6.10 Å². The van der Waals surface area contributed by atoms with Crippen LogP contribution in [0.15, 0.2) is 54.6 Å². The van der Waals surface area contributed by atoms with Crippen LogP contribution in [-0.4, -0.2) is 25.2 Å². The lowest BCUT2D eigenvalue weighted by Gasteiger charge is -2.15. The van der Waals surface area contributed by atoms with Gasteiger partial charge in [0.15, 0.2) is 6.10 Å². The predicted molar refractivity (Wildman–Crippen MR) is 86.5 cm³/mol. The van der Waals surface area contributed by atoms with Gasteiger partial charge in [-0.3, -0.25) is 4.79 Å². The average molecular weight is 320 g/mol. The van der Waals surface area contributed by atoms with Crippen LogP contribution in [0.25, 0.3) is 0 Å². The number of rotatable bonds is 7. The largest absolute Gasteiger partial charge is 0.492 e. The number of amides is 1. The highest BCUT2D eigenvalue weighted by atomic mass is 35.5. The van der Waals surface area contributed by atoms with E-state index in [1.54, 1.807) is 31.2 Å². The summed E-state index contributed by atoms with van der Waals surface area (Å²) in [5.41, 5.74) is 0. The molecule has 0 bridgehead atoms. The van der Waals surface area contributed by atoms with Gasteiger partial charge in [0.1, 0.15) is 18.1 Å². The fourth-order valence-corrected chi connectivity index (χ4v) is 1.98. The Hall–Kier alpha value is -2.20. The van der Waals surface area contributed by atoms with Gasteiger partial charge in [-0.1, -0.05) is 35.9 Å². The second-order valence-corrected chi connectivity index (χ2v) is 5.11. The van der Waals surface area contributed by atoms with Crippen molar-refractivity contribution in [1.82, 2.24) is 5.32 Å². The number of carbonyl (C=O) groups is 1. The smallest absolute Gasteiger partial charge is 0.260 e. The summed E-state index contributed by atoms with van der Waals surface area (Å²) in [6.45, 7) is 2.50. The predicted octanol–water partition coefficient (Wildman–Crippen LogP) is 3.30. The van der Waals surface area contributed by atoms with Crippen molar-refractivity contribution in [2.24, 2.45) is 0 Å². The van der Waals surface area contributed by atoms with Crippen molar-refractivity contribution in [2.45, 2.75) is 13.0 Å².